The van der Waals surface area contributed by atoms with Gasteiger partial charge in [0.2, 0.25) is 0 Å². The van der Waals surface area contributed by atoms with Crippen molar-refractivity contribution in [2.45, 2.75) is 0 Å². The Morgan fingerprint density at radius 1 is 0.345 bits per heavy atom. The zero-order valence-corrected chi connectivity index (χ0v) is 29.8. The second kappa shape index (κ2) is 12.6. The monoisotopic (exact) mass is 703 g/mol. The molecular weight excluding hydrogens is 671 g/mol. The highest BCUT2D eigenvalue weighted by molar-refractivity contribution is 6.18. The first kappa shape index (κ1) is 31.2. The Bertz CT molecular complexity index is 3190. The summed E-state index contributed by atoms with van der Waals surface area (Å²) < 4.78 is 13.3. The highest BCUT2D eigenvalue weighted by Gasteiger charge is 2.26. The van der Waals surface area contributed by atoms with E-state index in [0.29, 0.717) is 0 Å². The summed E-state index contributed by atoms with van der Waals surface area (Å²) in [7, 11) is 0. The predicted octanol–water partition coefficient (Wildman–Crippen LogP) is 15.1. The van der Waals surface area contributed by atoms with Crippen molar-refractivity contribution in [1.82, 2.24) is 0 Å². The molecule has 0 unspecified atom stereocenters. The molecule has 0 N–H and O–H groups in total. The van der Waals surface area contributed by atoms with Crippen molar-refractivity contribution < 1.29 is 8.83 Å². The Kier molecular flexibility index (Phi) is 7.17. The Labute approximate surface area is 317 Å². The molecule has 2 heterocycles. The lowest BCUT2D eigenvalue weighted by Gasteiger charge is -2.28. The largest absolute Gasteiger partial charge is 0.456 e. The van der Waals surface area contributed by atoms with Crippen LogP contribution in [0.15, 0.2) is 209 Å². The van der Waals surface area contributed by atoms with Crippen molar-refractivity contribution in [2.24, 2.45) is 0 Å². The lowest BCUT2D eigenvalue weighted by molar-refractivity contribution is 0.668. The van der Waals surface area contributed by atoms with Crippen LogP contribution in [0, 0.1) is 0 Å². The molecule has 0 spiro atoms. The highest BCUT2D eigenvalue weighted by Crippen LogP contribution is 2.50. The van der Waals surface area contributed by atoms with Gasteiger partial charge in [-0.3, -0.25) is 0 Å². The molecule has 0 aliphatic heterocycles. The molecule has 0 aliphatic rings. The second-order valence-electron chi connectivity index (χ2n) is 14.1. The first-order chi connectivity index (χ1) is 27.3. The fourth-order valence-corrected chi connectivity index (χ4v) is 8.21. The normalized spacial score (nSPS) is 11.6. The molecular formula is C52H33NO2. The minimum Gasteiger partial charge on any atom is -0.456 e. The molecule has 11 aromatic rings. The molecule has 9 aromatic carbocycles. The van der Waals surface area contributed by atoms with Gasteiger partial charge in [-0.15, -0.1) is 0 Å². The molecule has 0 atom stereocenters. The molecule has 0 aliphatic carbocycles. The third kappa shape index (κ3) is 5.20. The first-order valence-electron chi connectivity index (χ1n) is 18.7. The number of para-hydroxylation sites is 2. The zero-order chi connectivity index (χ0) is 36.3. The number of fused-ring (bicyclic) bond motifs is 7. The van der Waals surface area contributed by atoms with E-state index in [1.54, 1.807) is 0 Å². The van der Waals surface area contributed by atoms with Gasteiger partial charge < -0.3 is 13.7 Å². The highest BCUT2D eigenvalue weighted by atomic mass is 16.3. The van der Waals surface area contributed by atoms with E-state index >= 15 is 0 Å². The maximum atomic E-state index is 6.85. The lowest BCUT2D eigenvalue weighted by Crippen LogP contribution is -2.12. The number of furan rings is 2. The van der Waals surface area contributed by atoms with E-state index in [4.69, 9.17) is 8.83 Å². The van der Waals surface area contributed by atoms with Gasteiger partial charge in [-0.1, -0.05) is 152 Å². The quantitative estimate of drug-likeness (QED) is 0.173. The fourth-order valence-electron chi connectivity index (χ4n) is 8.21. The molecule has 258 valence electrons. The van der Waals surface area contributed by atoms with Gasteiger partial charge in [0, 0.05) is 27.4 Å². The third-order valence-corrected chi connectivity index (χ3v) is 10.9. The summed E-state index contributed by atoms with van der Waals surface area (Å²) in [5.41, 5.74) is 13.3. The van der Waals surface area contributed by atoms with E-state index in [-0.39, 0.29) is 0 Å². The third-order valence-electron chi connectivity index (χ3n) is 10.9. The van der Waals surface area contributed by atoms with E-state index in [1.807, 2.05) is 18.2 Å². The SMILES string of the molecule is c1ccc(-c2ccc3c(oc4ccccc43)c2N(c2ccc(-c3ccc(-c4ccc5ccccc5c4)cc3)cc2)c2cccc3oc4ccccc4c23)cc1. The van der Waals surface area contributed by atoms with E-state index in [1.165, 1.54) is 21.9 Å². The van der Waals surface area contributed by atoms with Gasteiger partial charge in [-0.05, 0) is 87.1 Å². The first-order valence-corrected chi connectivity index (χ1v) is 18.7. The number of rotatable bonds is 6. The van der Waals surface area contributed by atoms with Gasteiger partial charge in [0.25, 0.3) is 0 Å². The van der Waals surface area contributed by atoms with Crippen LogP contribution in [0.3, 0.4) is 0 Å². The van der Waals surface area contributed by atoms with Gasteiger partial charge in [0.15, 0.2) is 5.58 Å². The van der Waals surface area contributed by atoms with Gasteiger partial charge in [0.1, 0.15) is 16.7 Å². The molecule has 0 saturated heterocycles. The van der Waals surface area contributed by atoms with Crippen LogP contribution >= 0.6 is 0 Å². The molecule has 0 fully saturated rings. The van der Waals surface area contributed by atoms with Crippen LogP contribution in [0.25, 0.3) is 88.0 Å². The molecule has 2 aromatic heterocycles. The molecule has 0 radical (unpaired) electrons. The number of nitrogens with zero attached hydrogens (tertiary/aromatic N) is 1. The summed E-state index contributed by atoms with van der Waals surface area (Å²) in [6, 6.07) is 70.9. The number of hydrogen-bond acceptors (Lipinski definition) is 3. The molecule has 55 heavy (non-hydrogen) atoms. The van der Waals surface area contributed by atoms with Crippen LogP contribution in [0.5, 0.6) is 0 Å². The van der Waals surface area contributed by atoms with Gasteiger partial charge in [0.05, 0.1) is 16.8 Å². The Morgan fingerprint density at radius 3 is 1.73 bits per heavy atom. The van der Waals surface area contributed by atoms with E-state index < -0.39 is 0 Å². The maximum Gasteiger partial charge on any atom is 0.160 e. The van der Waals surface area contributed by atoms with E-state index in [9.17, 15) is 0 Å². The summed E-state index contributed by atoms with van der Waals surface area (Å²) in [6.45, 7) is 0. The fraction of sp³-hybridized carbons (Fsp3) is 0. The zero-order valence-electron chi connectivity index (χ0n) is 29.8. The van der Waals surface area contributed by atoms with Crippen LogP contribution in [0.1, 0.15) is 0 Å². The predicted molar refractivity (Wildman–Crippen MR) is 229 cm³/mol. The van der Waals surface area contributed by atoms with Gasteiger partial charge in [-0.2, -0.15) is 0 Å². The standard InChI is InChI=1S/C52H33NO2/c1-2-12-38(13-3-1)42-31-32-44-43-15-6-8-18-47(43)55-52(44)51(42)53(46-17-10-20-49-50(46)45-16-7-9-19-48(45)54-49)41-29-27-36(28-30-41)35-21-23-37(24-22-35)40-26-25-34-11-4-5-14-39(34)33-40/h1-33H. The van der Waals surface area contributed by atoms with E-state index in [2.05, 4.69) is 187 Å². The number of benzene rings is 9. The summed E-state index contributed by atoms with van der Waals surface area (Å²) in [6.07, 6.45) is 0. The van der Waals surface area contributed by atoms with Crippen molar-refractivity contribution in [3.8, 4) is 33.4 Å². The lowest BCUT2D eigenvalue weighted by atomic mass is 9.97. The Morgan fingerprint density at radius 2 is 0.945 bits per heavy atom. The second-order valence-corrected chi connectivity index (χ2v) is 14.1. The average molecular weight is 704 g/mol. The maximum absolute atomic E-state index is 6.85. The van der Waals surface area contributed by atoms with Crippen molar-refractivity contribution in [3.05, 3.63) is 200 Å². The van der Waals surface area contributed by atoms with Crippen molar-refractivity contribution >= 4 is 71.7 Å². The smallest absolute Gasteiger partial charge is 0.160 e. The Balaban J connectivity index is 1.10. The van der Waals surface area contributed by atoms with Gasteiger partial charge >= 0.3 is 0 Å². The summed E-state index contributed by atoms with van der Waals surface area (Å²) in [4.78, 5) is 2.37. The van der Waals surface area contributed by atoms with Crippen molar-refractivity contribution in [1.29, 1.82) is 0 Å². The summed E-state index contributed by atoms with van der Waals surface area (Å²) >= 11 is 0. The molecule has 11 rings (SSSR count). The van der Waals surface area contributed by atoms with Crippen LogP contribution in [0.4, 0.5) is 17.1 Å². The van der Waals surface area contributed by atoms with Crippen molar-refractivity contribution in [3.63, 3.8) is 0 Å². The minimum atomic E-state index is 0.834. The minimum absolute atomic E-state index is 0.834. The molecule has 0 bridgehead atoms. The summed E-state index contributed by atoms with van der Waals surface area (Å²) in [5.74, 6) is 0. The Hall–Kier alpha value is -7.36. The van der Waals surface area contributed by atoms with E-state index in [0.717, 1.165) is 83.2 Å². The van der Waals surface area contributed by atoms with Crippen LogP contribution < -0.4 is 4.90 Å². The van der Waals surface area contributed by atoms with Crippen LogP contribution in [-0.4, -0.2) is 0 Å². The average Bonchev–Trinajstić information content (AvgIpc) is 3.83. The van der Waals surface area contributed by atoms with Crippen LogP contribution in [-0.2, 0) is 0 Å². The topological polar surface area (TPSA) is 29.5 Å². The molecule has 0 amide bonds. The molecule has 0 saturated carbocycles. The summed E-state index contributed by atoms with van der Waals surface area (Å²) in [5, 5.41) is 6.78. The molecule has 3 heteroatoms. The number of anilines is 3. The number of hydrogen-bond donors (Lipinski definition) is 0. The van der Waals surface area contributed by atoms with Crippen LogP contribution in [0.2, 0.25) is 0 Å². The van der Waals surface area contributed by atoms with Crippen molar-refractivity contribution in [2.75, 3.05) is 4.90 Å². The molecule has 3 nitrogen and oxygen atoms in total. The van der Waals surface area contributed by atoms with Gasteiger partial charge in [-0.25, -0.2) is 0 Å².